The number of nitrogens with one attached hydrogen (secondary N) is 2. The standard InChI is InChI=1S/C70H127N7O7/c1-4-7-10-13-16-19-22-25-28-31-34-37-40-43-48-54-75(55-49-44-41-38-35-32-29-26-23-20-17-14-11-8-5-2)58-52-59-76(56-50-45-42-39-36-33-30-27-24-21-18-15-12-9-6-3)57-51-46-47-53-62(78)83-60-61-64(79)65(80)68(84-61)77-66-63(72-70(77)82)67(81)74-69(71)73-66/h22-27,61,64-65,68,79-80H,4-21,28-60H2,1-3H3,(H,72,82)(H3,71,73,74,81)/b25-22-,26-23-,27-24-/t61-,64?,65?,68-/m0/s1. The lowest BCUT2D eigenvalue weighted by molar-refractivity contribution is -0.150. The van der Waals surface area contributed by atoms with Gasteiger partial charge in [0.15, 0.2) is 17.4 Å². The molecule has 1 fully saturated rings. The van der Waals surface area contributed by atoms with Gasteiger partial charge in [-0.15, -0.1) is 0 Å². The van der Waals surface area contributed by atoms with E-state index in [1.807, 2.05) is 0 Å². The first kappa shape index (κ1) is 74.7. The first-order valence-corrected chi connectivity index (χ1v) is 35.3. The highest BCUT2D eigenvalue weighted by Crippen LogP contribution is 2.30. The molecule has 84 heavy (non-hydrogen) atoms. The molecule has 1 saturated heterocycles. The molecule has 14 heteroatoms. The number of hydrogen-bond donors (Lipinski definition) is 5. The third-order valence-corrected chi connectivity index (χ3v) is 17.1. The Morgan fingerprint density at radius 3 is 1.24 bits per heavy atom. The third kappa shape index (κ3) is 35.9. The molecule has 0 saturated carbocycles. The Kier molecular flexibility index (Phi) is 45.8. The number of fused-ring (bicyclic) bond motifs is 1. The van der Waals surface area contributed by atoms with Crippen LogP contribution in [-0.2, 0) is 14.3 Å². The van der Waals surface area contributed by atoms with Crippen LogP contribution in [0.3, 0.4) is 0 Å². The van der Waals surface area contributed by atoms with Crippen molar-refractivity contribution in [3.63, 3.8) is 0 Å². The lowest BCUT2D eigenvalue weighted by Gasteiger charge is -2.26. The van der Waals surface area contributed by atoms with Crippen LogP contribution in [0.1, 0.15) is 310 Å². The number of aliphatic hydroxyl groups is 2. The van der Waals surface area contributed by atoms with Gasteiger partial charge in [-0.3, -0.25) is 19.6 Å². The summed E-state index contributed by atoms with van der Waals surface area (Å²) in [4.78, 5) is 52.4. The predicted octanol–water partition coefficient (Wildman–Crippen LogP) is 16.7. The Labute approximate surface area is 511 Å². The number of nitrogens with two attached hydrogens (primary N) is 1. The smallest absolute Gasteiger partial charge is 0.330 e. The van der Waals surface area contributed by atoms with Crippen molar-refractivity contribution >= 4 is 23.1 Å². The summed E-state index contributed by atoms with van der Waals surface area (Å²) in [5, 5.41) is 21.7. The number of hydrogen-bond acceptors (Lipinski definition) is 11. The maximum absolute atomic E-state index is 13.0. The number of carbonyl (C=O) groups excluding carboxylic acids is 1. The summed E-state index contributed by atoms with van der Waals surface area (Å²) in [5.41, 5.74) is 4.06. The highest BCUT2D eigenvalue weighted by molar-refractivity contribution is 5.70. The number of ether oxygens (including phenoxy) is 2. The number of nitrogens with zero attached hydrogens (tertiary/aromatic N) is 4. The minimum atomic E-state index is -1.54. The number of nitrogen functional groups attached to an aromatic ring is 1. The van der Waals surface area contributed by atoms with Crippen molar-refractivity contribution in [1.82, 2.24) is 29.3 Å². The van der Waals surface area contributed by atoms with Crippen LogP contribution in [0.5, 0.6) is 0 Å². The Bertz CT molecular complexity index is 2040. The van der Waals surface area contributed by atoms with Gasteiger partial charge in [0.1, 0.15) is 24.9 Å². The second-order valence-corrected chi connectivity index (χ2v) is 24.8. The summed E-state index contributed by atoms with van der Waals surface area (Å²) >= 11 is 0. The maximum atomic E-state index is 13.0. The van der Waals surface area contributed by atoms with Crippen LogP contribution >= 0.6 is 0 Å². The third-order valence-electron chi connectivity index (χ3n) is 17.1. The van der Waals surface area contributed by atoms with Crippen LogP contribution in [0.2, 0.25) is 0 Å². The second-order valence-electron chi connectivity index (χ2n) is 24.8. The average molecular weight is 1180 g/mol. The monoisotopic (exact) mass is 1180 g/mol. The van der Waals surface area contributed by atoms with E-state index in [2.05, 4.69) is 82.0 Å². The fourth-order valence-corrected chi connectivity index (χ4v) is 11.8. The predicted molar refractivity (Wildman–Crippen MR) is 353 cm³/mol. The minimum Gasteiger partial charge on any atom is -0.463 e. The Balaban J connectivity index is 1.45. The van der Waals surface area contributed by atoms with Gasteiger partial charge in [0, 0.05) is 6.42 Å². The van der Waals surface area contributed by atoms with Gasteiger partial charge in [0.05, 0.1) is 0 Å². The normalized spacial score (nSPS) is 16.7. The van der Waals surface area contributed by atoms with E-state index in [-0.39, 0.29) is 30.1 Å². The van der Waals surface area contributed by atoms with Gasteiger partial charge in [-0.2, -0.15) is 4.98 Å². The quantitative estimate of drug-likeness (QED) is 0.0240. The molecule has 2 aromatic heterocycles. The van der Waals surface area contributed by atoms with E-state index < -0.39 is 41.8 Å². The van der Waals surface area contributed by atoms with Crippen molar-refractivity contribution in [3.05, 3.63) is 57.3 Å². The molecule has 4 atom stereocenters. The Morgan fingerprint density at radius 2 is 0.845 bits per heavy atom. The van der Waals surface area contributed by atoms with Crippen LogP contribution in [0.15, 0.2) is 46.0 Å². The van der Waals surface area contributed by atoms with Crippen molar-refractivity contribution < 1.29 is 24.5 Å². The number of unbranched alkanes of at least 4 members (excludes halogenated alkanes) is 35. The molecule has 0 aromatic carbocycles. The van der Waals surface area contributed by atoms with E-state index in [1.165, 1.54) is 270 Å². The van der Waals surface area contributed by atoms with Crippen LogP contribution in [0.25, 0.3) is 11.2 Å². The van der Waals surface area contributed by atoms with Crippen molar-refractivity contribution in [2.45, 2.75) is 328 Å². The zero-order chi connectivity index (χ0) is 60.3. The van der Waals surface area contributed by atoms with Crippen molar-refractivity contribution in [3.8, 4) is 0 Å². The maximum Gasteiger partial charge on any atom is 0.330 e. The van der Waals surface area contributed by atoms with E-state index in [9.17, 15) is 24.6 Å². The average Bonchev–Trinajstić information content (AvgIpc) is 4.16. The molecule has 2 aromatic rings. The fourth-order valence-electron chi connectivity index (χ4n) is 11.8. The Hall–Kier alpha value is -3.56. The SMILES string of the molecule is CCCCCCC/C=C\CCCCCCCCN(CCCCCCCC/C=C\CCCCCCC)CCCN(CCCCCCCC/C=C\CCCCCCC)CCCCCC(=O)OC[C@@H]1O[C@H](n2c(=O)[nH]c3c(=O)[nH]c(N)nc32)C(O)C1O. The summed E-state index contributed by atoms with van der Waals surface area (Å²) < 4.78 is 12.3. The van der Waals surface area contributed by atoms with Crippen molar-refractivity contribution in [2.24, 2.45) is 0 Å². The van der Waals surface area contributed by atoms with Crippen LogP contribution in [0, 0.1) is 0 Å². The highest BCUT2D eigenvalue weighted by Gasteiger charge is 2.45. The summed E-state index contributed by atoms with van der Waals surface area (Å²) in [7, 11) is 0. The molecule has 0 amide bonds. The zero-order valence-electron chi connectivity index (χ0n) is 54.1. The molecular weight excluding hydrogens is 1050 g/mol. The number of carbonyl (C=O) groups is 1. The number of aliphatic hydroxyl groups excluding tert-OH is 2. The molecule has 14 nitrogen and oxygen atoms in total. The minimum absolute atomic E-state index is 0.114. The molecule has 6 N–H and O–H groups in total. The van der Waals surface area contributed by atoms with Gasteiger partial charge in [-0.1, -0.05) is 218 Å². The molecule has 484 valence electrons. The number of anilines is 1. The first-order chi connectivity index (χ1) is 41.2. The number of H-pyrrole nitrogens is 2. The molecule has 0 spiro atoms. The summed E-state index contributed by atoms with van der Waals surface area (Å²) in [6.07, 6.45) is 64.6. The number of esters is 1. The number of rotatable bonds is 58. The van der Waals surface area contributed by atoms with Gasteiger partial charge >= 0.3 is 11.7 Å². The number of aromatic nitrogens is 4. The van der Waals surface area contributed by atoms with Crippen molar-refractivity contribution in [2.75, 3.05) is 51.6 Å². The van der Waals surface area contributed by atoms with Crippen LogP contribution in [0.4, 0.5) is 5.95 Å². The number of imidazole rings is 1. The zero-order valence-corrected chi connectivity index (χ0v) is 54.1. The molecule has 1 aliphatic rings. The van der Waals surface area contributed by atoms with Gasteiger partial charge < -0.3 is 35.2 Å². The van der Waals surface area contributed by atoms with Crippen molar-refractivity contribution in [1.29, 1.82) is 0 Å². The topological polar surface area (TPSA) is 192 Å². The number of allylic oxidation sites excluding steroid dienone is 6. The molecule has 1 aliphatic heterocycles. The lowest BCUT2D eigenvalue weighted by atomic mass is 10.1. The van der Waals surface area contributed by atoms with E-state index in [0.29, 0.717) is 6.42 Å². The van der Waals surface area contributed by atoms with E-state index in [1.54, 1.807) is 0 Å². The van der Waals surface area contributed by atoms with Gasteiger partial charge in [0.2, 0.25) is 5.95 Å². The number of aromatic amines is 2. The molecule has 3 heterocycles. The summed E-state index contributed by atoms with van der Waals surface area (Å²) in [5.74, 6) is -0.622. The van der Waals surface area contributed by atoms with E-state index >= 15 is 0 Å². The van der Waals surface area contributed by atoms with E-state index in [0.717, 1.165) is 43.6 Å². The lowest BCUT2D eigenvalue weighted by Crippen LogP contribution is -2.35. The molecule has 2 unspecified atom stereocenters. The Morgan fingerprint density at radius 1 is 0.500 bits per heavy atom. The summed E-state index contributed by atoms with van der Waals surface area (Å²) in [6, 6.07) is 0. The molecule has 0 radical (unpaired) electrons. The van der Waals surface area contributed by atoms with Crippen LogP contribution in [-0.4, -0.2) is 110 Å². The second kappa shape index (κ2) is 51.5. The molecular formula is C70H127N7O7. The van der Waals surface area contributed by atoms with Crippen LogP contribution < -0.4 is 17.0 Å². The van der Waals surface area contributed by atoms with E-state index in [4.69, 9.17) is 15.2 Å². The highest BCUT2D eigenvalue weighted by atomic mass is 16.6. The summed E-state index contributed by atoms with van der Waals surface area (Å²) in [6.45, 7) is 13.4. The largest absolute Gasteiger partial charge is 0.463 e. The van der Waals surface area contributed by atoms with Gasteiger partial charge in [0.25, 0.3) is 5.56 Å². The molecule has 0 aliphatic carbocycles. The molecule has 0 bridgehead atoms. The fraction of sp³-hybridized carbons (Fsp3) is 0.829. The van der Waals surface area contributed by atoms with Gasteiger partial charge in [-0.05, 0) is 155 Å². The first-order valence-electron chi connectivity index (χ1n) is 35.3. The van der Waals surface area contributed by atoms with Gasteiger partial charge in [-0.25, -0.2) is 9.36 Å². The molecule has 3 rings (SSSR count).